The Morgan fingerprint density at radius 3 is 2.46 bits per heavy atom. The minimum atomic E-state index is -3.79. The molecule has 0 spiro atoms. The third kappa shape index (κ3) is 3.67. The van der Waals surface area contributed by atoms with Crippen LogP contribution in [0, 0.1) is 13.8 Å². The summed E-state index contributed by atoms with van der Waals surface area (Å²) in [5.74, 6) is 0.192. The zero-order chi connectivity index (χ0) is 19.1. The lowest BCUT2D eigenvalue weighted by Gasteiger charge is -2.34. The fourth-order valence-corrected chi connectivity index (χ4v) is 4.65. The van der Waals surface area contributed by atoms with Gasteiger partial charge < -0.3 is 19.0 Å². The summed E-state index contributed by atoms with van der Waals surface area (Å²) >= 11 is 0. The van der Waals surface area contributed by atoms with Crippen LogP contribution in [0.3, 0.4) is 0 Å². The second kappa shape index (κ2) is 6.86. The molecule has 0 bridgehead atoms. The van der Waals surface area contributed by atoms with E-state index in [9.17, 15) is 13.2 Å². The van der Waals surface area contributed by atoms with Crippen LogP contribution in [-0.2, 0) is 14.8 Å². The summed E-state index contributed by atoms with van der Waals surface area (Å²) in [6.07, 6.45) is -0.419. The third-order valence-corrected chi connectivity index (χ3v) is 5.91. The first kappa shape index (κ1) is 18.6. The summed E-state index contributed by atoms with van der Waals surface area (Å²) in [4.78, 5) is 12.3. The first-order valence-electron chi connectivity index (χ1n) is 8.17. The lowest BCUT2D eigenvalue weighted by atomic mass is 10.3. The van der Waals surface area contributed by atoms with Gasteiger partial charge in [0.15, 0.2) is 11.6 Å². The van der Waals surface area contributed by atoms with Gasteiger partial charge in [0.1, 0.15) is 16.4 Å². The van der Waals surface area contributed by atoms with Crippen molar-refractivity contribution < 1.29 is 26.9 Å². The van der Waals surface area contributed by atoms with Crippen molar-refractivity contribution in [3.63, 3.8) is 0 Å². The van der Waals surface area contributed by atoms with E-state index in [1.54, 1.807) is 13.0 Å². The van der Waals surface area contributed by atoms with Gasteiger partial charge in [0.2, 0.25) is 10.0 Å². The van der Waals surface area contributed by atoms with Crippen molar-refractivity contribution in [2.45, 2.75) is 44.8 Å². The van der Waals surface area contributed by atoms with Crippen molar-refractivity contribution in [3.8, 4) is 0 Å². The molecule has 3 heterocycles. The highest BCUT2D eigenvalue weighted by atomic mass is 32.2. The number of aromatic nitrogens is 1. The summed E-state index contributed by atoms with van der Waals surface area (Å²) in [7, 11) is -3.79. The molecule has 10 heteroatoms. The summed E-state index contributed by atoms with van der Waals surface area (Å²) in [6, 6.07) is 2.78. The minimum Gasteiger partial charge on any atom is -0.455 e. The molecule has 2 aromatic heterocycles. The van der Waals surface area contributed by atoms with E-state index < -0.39 is 15.9 Å². The summed E-state index contributed by atoms with van der Waals surface area (Å²) in [5, 5.41) is 6.16. The van der Waals surface area contributed by atoms with Gasteiger partial charge in [0.25, 0.3) is 5.91 Å². The van der Waals surface area contributed by atoms with Gasteiger partial charge >= 0.3 is 0 Å². The Bertz CT molecular complexity index is 906. The van der Waals surface area contributed by atoms with Crippen LogP contribution in [0.1, 0.15) is 35.9 Å². The van der Waals surface area contributed by atoms with E-state index in [2.05, 4.69) is 10.5 Å². The monoisotopic (exact) mass is 383 g/mol. The molecular weight excluding hydrogens is 362 g/mol. The number of amides is 1. The van der Waals surface area contributed by atoms with Gasteiger partial charge in [0, 0.05) is 25.2 Å². The van der Waals surface area contributed by atoms with Gasteiger partial charge in [-0.1, -0.05) is 5.16 Å². The van der Waals surface area contributed by atoms with Crippen LogP contribution in [0.4, 0.5) is 5.82 Å². The SMILES string of the molecule is Cc1cc(NC(=O)c2cc(S(=O)(=O)N3CC(C)OC(C)C3)c(C)o2)no1. The molecule has 0 aliphatic carbocycles. The maximum absolute atomic E-state index is 12.9. The predicted octanol–water partition coefficient (Wildman–Crippen LogP) is 1.93. The average Bonchev–Trinajstić information content (AvgIpc) is 3.12. The molecule has 0 radical (unpaired) electrons. The van der Waals surface area contributed by atoms with Crippen molar-refractivity contribution >= 4 is 21.7 Å². The Morgan fingerprint density at radius 2 is 1.88 bits per heavy atom. The van der Waals surface area contributed by atoms with Crippen molar-refractivity contribution in [2.75, 3.05) is 18.4 Å². The van der Waals surface area contributed by atoms with Crippen LogP contribution in [0.5, 0.6) is 0 Å². The Hall–Kier alpha value is -2.17. The van der Waals surface area contributed by atoms with Crippen LogP contribution < -0.4 is 5.32 Å². The number of ether oxygens (including phenoxy) is 1. The number of hydrogen-bond acceptors (Lipinski definition) is 7. The van der Waals surface area contributed by atoms with E-state index in [-0.39, 0.29) is 47.5 Å². The van der Waals surface area contributed by atoms with E-state index in [1.807, 2.05) is 13.8 Å². The Morgan fingerprint density at radius 1 is 1.23 bits per heavy atom. The zero-order valence-corrected chi connectivity index (χ0v) is 15.8. The molecular formula is C16H21N3O6S. The molecule has 1 N–H and O–H groups in total. The number of nitrogens with one attached hydrogen (secondary N) is 1. The van der Waals surface area contributed by atoms with Crippen LogP contribution in [0.25, 0.3) is 0 Å². The number of sulfonamides is 1. The van der Waals surface area contributed by atoms with Gasteiger partial charge in [-0.15, -0.1) is 0 Å². The molecule has 1 fully saturated rings. The first-order chi connectivity index (χ1) is 12.2. The number of carbonyl (C=O) groups is 1. The molecule has 1 amide bonds. The number of carbonyl (C=O) groups excluding carboxylic acids is 1. The van der Waals surface area contributed by atoms with Crippen molar-refractivity contribution in [2.24, 2.45) is 0 Å². The Labute approximate surface area is 151 Å². The lowest BCUT2D eigenvalue weighted by molar-refractivity contribution is -0.0441. The zero-order valence-electron chi connectivity index (χ0n) is 15.0. The Balaban J connectivity index is 1.83. The van der Waals surface area contributed by atoms with E-state index in [4.69, 9.17) is 13.7 Å². The molecule has 2 atom stereocenters. The molecule has 0 saturated carbocycles. The molecule has 2 unspecified atom stereocenters. The van der Waals surface area contributed by atoms with Gasteiger partial charge in [0.05, 0.1) is 12.2 Å². The van der Waals surface area contributed by atoms with Crippen LogP contribution >= 0.6 is 0 Å². The van der Waals surface area contributed by atoms with Crippen molar-refractivity contribution in [1.29, 1.82) is 0 Å². The normalized spacial score (nSPS) is 21.7. The van der Waals surface area contributed by atoms with Gasteiger partial charge in [-0.3, -0.25) is 4.79 Å². The number of furan rings is 1. The highest BCUT2D eigenvalue weighted by Gasteiger charge is 2.35. The third-order valence-electron chi connectivity index (χ3n) is 3.97. The second-order valence-electron chi connectivity index (χ2n) is 6.39. The lowest BCUT2D eigenvalue weighted by Crippen LogP contribution is -2.48. The van der Waals surface area contributed by atoms with Gasteiger partial charge in [-0.25, -0.2) is 8.42 Å². The number of rotatable bonds is 4. The largest absolute Gasteiger partial charge is 0.455 e. The van der Waals surface area contributed by atoms with Crippen LogP contribution in [0.2, 0.25) is 0 Å². The summed E-state index contributed by atoms with van der Waals surface area (Å²) in [5.41, 5.74) is 0. The number of anilines is 1. The average molecular weight is 383 g/mol. The van der Waals surface area contributed by atoms with Crippen LogP contribution in [-0.4, -0.2) is 49.1 Å². The fourth-order valence-electron chi connectivity index (χ4n) is 2.90. The van der Waals surface area contributed by atoms with E-state index >= 15 is 0 Å². The Kier molecular flexibility index (Phi) is 4.91. The topological polar surface area (TPSA) is 115 Å². The van der Waals surface area contributed by atoms with E-state index in [0.29, 0.717) is 5.76 Å². The van der Waals surface area contributed by atoms with Gasteiger partial charge in [-0.2, -0.15) is 4.31 Å². The predicted molar refractivity (Wildman–Crippen MR) is 91.4 cm³/mol. The number of morpholine rings is 1. The van der Waals surface area contributed by atoms with E-state index in [1.165, 1.54) is 17.3 Å². The van der Waals surface area contributed by atoms with Gasteiger partial charge in [-0.05, 0) is 27.7 Å². The number of aryl methyl sites for hydroxylation is 2. The molecule has 1 aliphatic heterocycles. The second-order valence-corrected chi connectivity index (χ2v) is 8.29. The summed E-state index contributed by atoms with van der Waals surface area (Å²) < 4.78 is 43.1. The first-order valence-corrected chi connectivity index (χ1v) is 9.61. The molecule has 0 aromatic carbocycles. The molecule has 2 aromatic rings. The fraction of sp³-hybridized carbons (Fsp3) is 0.500. The standard InChI is InChI=1S/C16H21N3O6S/c1-9-5-15(18-25-9)17-16(20)13-6-14(12(4)24-13)26(21,22)19-7-10(2)23-11(3)8-19/h5-6,10-11H,7-8H2,1-4H3,(H,17,18,20). The van der Waals surface area contributed by atoms with Crippen molar-refractivity contribution in [3.05, 3.63) is 29.4 Å². The highest BCUT2D eigenvalue weighted by Crippen LogP contribution is 2.26. The quantitative estimate of drug-likeness (QED) is 0.858. The smallest absolute Gasteiger partial charge is 0.292 e. The highest BCUT2D eigenvalue weighted by molar-refractivity contribution is 7.89. The minimum absolute atomic E-state index is 0.0275. The summed E-state index contributed by atoms with van der Waals surface area (Å²) in [6.45, 7) is 7.33. The molecule has 9 nitrogen and oxygen atoms in total. The molecule has 1 aliphatic rings. The molecule has 142 valence electrons. The maximum Gasteiger partial charge on any atom is 0.292 e. The van der Waals surface area contributed by atoms with Crippen LogP contribution in [0.15, 0.2) is 26.0 Å². The van der Waals surface area contributed by atoms with Crippen molar-refractivity contribution in [1.82, 2.24) is 9.46 Å². The van der Waals surface area contributed by atoms with E-state index in [0.717, 1.165) is 0 Å². The maximum atomic E-state index is 12.9. The molecule has 26 heavy (non-hydrogen) atoms. The molecule has 3 rings (SSSR count). The number of hydrogen-bond donors (Lipinski definition) is 1. The molecule has 1 saturated heterocycles. The number of nitrogens with zero attached hydrogens (tertiary/aromatic N) is 2.